The number of hydrogen-bond acceptors (Lipinski definition) is 3. The number of carbonyl (C=O) groups is 1. The molecule has 2 aromatic rings. The smallest absolute Gasteiger partial charge is 0.244 e. The summed E-state index contributed by atoms with van der Waals surface area (Å²) in [6, 6.07) is 11.4. The fourth-order valence-corrected chi connectivity index (χ4v) is 2.56. The SMILES string of the molecule is O=C(/C=C/c1ccco1)NCCSCc1ccc(Cl)cc1. The number of benzene rings is 1. The molecular weight excluding hydrogens is 306 g/mol. The zero-order valence-corrected chi connectivity index (χ0v) is 13.0. The van der Waals surface area contributed by atoms with Crippen molar-refractivity contribution in [2.75, 3.05) is 12.3 Å². The largest absolute Gasteiger partial charge is 0.465 e. The molecule has 1 N–H and O–H groups in total. The Morgan fingerprint density at radius 3 is 2.81 bits per heavy atom. The van der Waals surface area contributed by atoms with E-state index in [-0.39, 0.29) is 5.91 Å². The minimum atomic E-state index is -0.113. The lowest BCUT2D eigenvalue weighted by atomic mass is 10.2. The van der Waals surface area contributed by atoms with Crippen LogP contribution in [0.15, 0.2) is 53.2 Å². The van der Waals surface area contributed by atoms with Crippen LogP contribution >= 0.6 is 23.4 Å². The van der Waals surface area contributed by atoms with Gasteiger partial charge in [-0.15, -0.1) is 0 Å². The number of rotatable bonds is 7. The van der Waals surface area contributed by atoms with E-state index in [1.165, 1.54) is 11.6 Å². The van der Waals surface area contributed by atoms with Crippen LogP contribution in [0.5, 0.6) is 0 Å². The van der Waals surface area contributed by atoms with Gasteiger partial charge in [-0.05, 0) is 35.9 Å². The van der Waals surface area contributed by atoms with Crippen LogP contribution in [0, 0.1) is 0 Å². The second-order valence-electron chi connectivity index (χ2n) is 4.32. The van der Waals surface area contributed by atoms with E-state index in [2.05, 4.69) is 5.32 Å². The lowest BCUT2D eigenvalue weighted by Gasteiger charge is -2.03. The Kier molecular flexibility index (Phi) is 6.44. The van der Waals surface area contributed by atoms with Gasteiger partial charge in [0, 0.05) is 29.1 Å². The molecule has 0 fully saturated rings. The first-order valence-corrected chi connectivity index (χ1v) is 8.09. The Bertz CT molecular complexity index is 579. The molecule has 1 amide bonds. The van der Waals surface area contributed by atoms with Gasteiger partial charge in [0.05, 0.1) is 6.26 Å². The molecule has 0 unspecified atom stereocenters. The Balaban J connectivity index is 1.59. The van der Waals surface area contributed by atoms with Crippen LogP contribution in [0.2, 0.25) is 5.02 Å². The van der Waals surface area contributed by atoms with Gasteiger partial charge in [-0.25, -0.2) is 0 Å². The van der Waals surface area contributed by atoms with Crippen molar-refractivity contribution in [1.82, 2.24) is 5.32 Å². The van der Waals surface area contributed by atoms with Gasteiger partial charge in [-0.3, -0.25) is 4.79 Å². The molecule has 21 heavy (non-hydrogen) atoms. The highest BCUT2D eigenvalue weighted by Gasteiger charge is 1.97. The van der Waals surface area contributed by atoms with E-state index >= 15 is 0 Å². The van der Waals surface area contributed by atoms with Crippen molar-refractivity contribution in [3.05, 3.63) is 65.1 Å². The van der Waals surface area contributed by atoms with Gasteiger partial charge in [-0.1, -0.05) is 23.7 Å². The van der Waals surface area contributed by atoms with E-state index < -0.39 is 0 Å². The van der Waals surface area contributed by atoms with Gasteiger partial charge < -0.3 is 9.73 Å². The van der Waals surface area contributed by atoms with Gasteiger partial charge in [-0.2, -0.15) is 11.8 Å². The molecule has 0 radical (unpaired) electrons. The number of hydrogen-bond donors (Lipinski definition) is 1. The van der Waals surface area contributed by atoms with Crippen LogP contribution in [0.1, 0.15) is 11.3 Å². The number of furan rings is 1. The van der Waals surface area contributed by atoms with E-state index in [4.69, 9.17) is 16.0 Å². The standard InChI is InChI=1S/C16H16ClNO2S/c17-14-5-3-13(4-6-14)12-21-11-9-18-16(19)8-7-15-2-1-10-20-15/h1-8,10H,9,11-12H2,(H,18,19)/b8-7+. The van der Waals surface area contributed by atoms with Crippen LogP contribution in [-0.2, 0) is 10.5 Å². The highest BCUT2D eigenvalue weighted by molar-refractivity contribution is 7.98. The minimum Gasteiger partial charge on any atom is -0.465 e. The van der Waals surface area contributed by atoms with Crippen molar-refractivity contribution >= 4 is 35.3 Å². The molecule has 0 aliphatic heterocycles. The average molecular weight is 322 g/mol. The van der Waals surface area contributed by atoms with Crippen LogP contribution in [0.4, 0.5) is 0 Å². The number of amides is 1. The van der Waals surface area contributed by atoms with Gasteiger partial charge in [0.1, 0.15) is 5.76 Å². The third kappa shape index (κ3) is 6.10. The maximum absolute atomic E-state index is 11.5. The molecule has 0 aliphatic rings. The first kappa shape index (κ1) is 15.7. The van der Waals surface area contributed by atoms with Crippen molar-refractivity contribution in [2.45, 2.75) is 5.75 Å². The molecule has 5 heteroatoms. The Hall–Kier alpha value is -1.65. The molecule has 0 atom stereocenters. The van der Waals surface area contributed by atoms with Crippen molar-refractivity contribution in [2.24, 2.45) is 0 Å². The topological polar surface area (TPSA) is 42.2 Å². The summed E-state index contributed by atoms with van der Waals surface area (Å²) in [6.45, 7) is 0.638. The number of nitrogens with one attached hydrogen (secondary N) is 1. The molecule has 2 rings (SSSR count). The summed E-state index contributed by atoms with van der Waals surface area (Å²) in [5.41, 5.74) is 1.23. The first-order chi connectivity index (χ1) is 10.2. The summed E-state index contributed by atoms with van der Waals surface area (Å²) in [6.07, 6.45) is 4.70. The first-order valence-electron chi connectivity index (χ1n) is 6.55. The summed E-state index contributed by atoms with van der Waals surface area (Å²) >= 11 is 7.60. The Morgan fingerprint density at radius 2 is 2.10 bits per heavy atom. The number of halogens is 1. The van der Waals surface area contributed by atoms with E-state index in [9.17, 15) is 4.79 Å². The summed E-state index contributed by atoms with van der Waals surface area (Å²) < 4.78 is 5.10. The Morgan fingerprint density at radius 1 is 1.29 bits per heavy atom. The third-order valence-corrected chi connectivity index (χ3v) is 3.95. The third-order valence-electron chi connectivity index (χ3n) is 2.67. The second-order valence-corrected chi connectivity index (χ2v) is 5.86. The fraction of sp³-hybridized carbons (Fsp3) is 0.188. The fourth-order valence-electron chi connectivity index (χ4n) is 1.62. The predicted octanol–water partition coefficient (Wildman–Crippen LogP) is 4.00. The minimum absolute atomic E-state index is 0.113. The maximum Gasteiger partial charge on any atom is 0.244 e. The average Bonchev–Trinajstić information content (AvgIpc) is 3.00. The summed E-state index contributed by atoms with van der Waals surface area (Å²) in [5, 5.41) is 3.58. The van der Waals surface area contributed by atoms with Crippen molar-refractivity contribution in [1.29, 1.82) is 0 Å². The van der Waals surface area contributed by atoms with Gasteiger partial charge in [0.15, 0.2) is 0 Å². The highest BCUT2D eigenvalue weighted by Crippen LogP contribution is 2.14. The Labute approximate surface area is 133 Å². The molecule has 1 heterocycles. The van der Waals surface area contributed by atoms with Crippen molar-refractivity contribution in [3.8, 4) is 0 Å². The molecule has 0 saturated carbocycles. The molecule has 1 aromatic heterocycles. The summed E-state index contributed by atoms with van der Waals surface area (Å²) in [7, 11) is 0. The molecule has 110 valence electrons. The molecule has 1 aromatic carbocycles. The van der Waals surface area contributed by atoms with Crippen molar-refractivity contribution < 1.29 is 9.21 Å². The van der Waals surface area contributed by atoms with Crippen LogP contribution in [-0.4, -0.2) is 18.2 Å². The molecule has 0 spiro atoms. The summed E-state index contributed by atoms with van der Waals surface area (Å²) in [4.78, 5) is 11.5. The highest BCUT2D eigenvalue weighted by atomic mass is 35.5. The molecule has 0 saturated heterocycles. The van der Waals surface area contributed by atoms with E-state index in [0.717, 1.165) is 16.5 Å². The zero-order chi connectivity index (χ0) is 14.9. The van der Waals surface area contributed by atoms with Crippen LogP contribution < -0.4 is 5.32 Å². The molecular formula is C16H16ClNO2S. The molecule has 0 bridgehead atoms. The quantitative estimate of drug-likeness (QED) is 0.619. The van der Waals surface area contributed by atoms with E-state index in [1.807, 2.05) is 24.3 Å². The number of thioether (sulfide) groups is 1. The van der Waals surface area contributed by atoms with Crippen LogP contribution in [0.3, 0.4) is 0 Å². The van der Waals surface area contributed by atoms with E-state index in [1.54, 1.807) is 36.2 Å². The van der Waals surface area contributed by atoms with Gasteiger partial charge in [0.25, 0.3) is 0 Å². The van der Waals surface area contributed by atoms with Crippen molar-refractivity contribution in [3.63, 3.8) is 0 Å². The zero-order valence-electron chi connectivity index (χ0n) is 11.4. The van der Waals surface area contributed by atoms with Gasteiger partial charge >= 0.3 is 0 Å². The van der Waals surface area contributed by atoms with Gasteiger partial charge in [0.2, 0.25) is 5.91 Å². The number of carbonyl (C=O) groups excluding carboxylic acids is 1. The summed E-state index contributed by atoms with van der Waals surface area (Å²) in [5.74, 6) is 2.33. The van der Waals surface area contributed by atoms with E-state index in [0.29, 0.717) is 12.3 Å². The molecule has 0 aliphatic carbocycles. The lowest BCUT2D eigenvalue weighted by Crippen LogP contribution is -2.23. The lowest BCUT2D eigenvalue weighted by molar-refractivity contribution is -0.116. The predicted molar refractivity (Wildman–Crippen MR) is 88.4 cm³/mol. The second kappa shape index (κ2) is 8.60. The molecule has 3 nitrogen and oxygen atoms in total. The maximum atomic E-state index is 11.5. The van der Waals surface area contributed by atoms with Crippen LogP contribution in [0.25, 0.3) is 6.08 Å². The monoisotopic (exact) mass is 321 g/mol. The normalized spacial score (nSPS) is 10.9.